The van der Waals surface area contributed by atoms with Crippen molar-refractivity contribution in [2.75, 3.05) is 45.1 Å². The zero-order valence-electron chi connectivity index (χ0n) is 15.5. The second-order valence-electron chi connectivity index (χ2n) is 6.70. The van der Waals surface area contributed by atoms with Gasteiger partial charge >= 0.3 is 11.8 Å². The van der Waals surface area contributed by atoms with Crippen LogP contribution in [0.15, 0.2) is 35.0 Å². The second-order valence-corrected chi connectivity index (χ2v) is 7.48. The molecule has 2 N–H and O–H groups in total. The first-order valence-corrected chi connectivity index (χ1v) is 9.87. The topological polar surface area (TPSA) is 64.7 Å². The Morgan fingerprint density at radius 1 is 1.14 bits per heavy atom. The highest BCUT2D eigenvalue weighted by atomic mass is 32.1. The Bertz CT molecular complexity index is 823. The van der Waals surface area contributed by atoms with E-state index >= 15 is 0 Å². The molecule has 2 amide bonds. The summed E-state index contributed by atoms with van der Waals surface area (Å²) in [7, 11) is 2.06. The smallest absolute Gasteiger partial charge is 0.313 e. The van der Waals surface area contributed by atoms with E-state index in [-0.39, 0.29) is 18.3 Å². The molecule has 6 nitrogen and oxygen atoms in total. The molecule has 3 rings (SSSR count). The molecule has 1 aromatic carbocycles. The van der Waals surface area contributed by atoms with Gasteiger partial charge in [0.25, 0.3) is 0 Å². The van der Waals surface area contributed by atoms with Crippen molar-refractivity contribution in [2.45, 2.75) is 6.04 Å². The van der Waals surface area contributed by atoms with Crippen molar-refractivity contribution in [1.82, 2.24) is 15.1 Å². The Labute approximate surface area is 166 Å². The molecule has 150 valence electrons. The summed E-state index contributed by atoms with van der Waals surface area (Å²) in [4.78, 5) is 28.8. The molecule has 1 aliphatic heterocycles. The average molecular weight is 408 g/mol. The predicted octanol–water partition coefficient (Wildman–Crippen LogP) is 2.07. The van der Waals surface area contributed by atoms with Crippen molar-refractivity contribution in [2.24, 2.45) is 0 Å². The first-order chi connectivity index (χ1) is 13.4. The minimum absolute atomic E-state index is 0.0531. The van der Waals surface area contributed by atoms with Crippen LogP contribution < -0.4 is 10.6 Å². The van der Waals surface area contributed by atoms with Gasteiger partial charge in [-0.3, -0.25) is 14.5 Å². The number of thiophene rings is 1. The Kier molecular flexibility index (Phi) is 6.71. The molecule has 1 aromatic heterocycles. The molecule has 1 fully saturated rings. The number of carbonyl (C=O) groups is 2. The summed E-state index contributed by atoms with van der Waals surface area (Å²) in [6.45, 7) is 3.81. The van der Waals surface area contributed by atoms with Crippen molar-refractivity contribution >= 4 is 28.8 Å². The van der Waals surface area contributed by atoms with Gasteiger partial charge in [0.05, 0.1) is 11.7 Å². The molecule has 2 heterocycles. The monoisotopic (exact) mass is 408 g/mol. The van der Waals surface area contributed by atoms with Crippen LogP contribution in [0.2, 0.25) is 0 Å². The molecule has 2 aromatic rings. The highest BCUT2D eigenvalue weighted by molar-refractivity contribution is 7.08. The summed E-state index contributed by atoms with van der Waals surface area (Å²) in [6.07, 6.45) is 0. The minimum atomic E-state index is -1.04. The molecule has 9 heteroatoms. The van der Waals surface area contributed by atoms with Gasteiger partial charge in [-0.2, -0.15) is 11.3 Å². The summed E-state index contributed by atoms with van der Waals surface area (Å²) in [6, 6.07) is 4.61. The number of benzene rings is 1. The molecular formula is C19H22F2N4O2S. The van der Waals surface area contributed by atoms with Crippen molar-refractivity contribution in [3.05, 3.63) is 52.2 Å². The summed E-state index contributed by atoms with van der Waals surface area (Å²) < 4.78 is 26.9. The van der Waals surface area contributed by atoms with Gasteiger partial charge in [0, 0.05) is 38.8 Å². The number of halogens is 2. The van der Waals surface area contributed by atoms with E-state index in [1.165, 1.54) is 0 Å². The number of anilines is 1. The van der Waals surface area contributed by atoms with Crippen molar-refractivity contribution in [3.8, 4) is 0 Å². The van der Waals surface area contributed by atoms with Crippen LogP contribution in [0.5, 0.6) is 0 Å². The van der Waals surface area contributed by atoms with Crippen molar-refractivity contribution in [1.29, 1.82) is 0 Å². The first-order valence-electron chi connectivity index (χ1n) is 8.93. The average Bonchev–Trinajstić information content (AvgIpc) is 3.20. The number of likely N-dealkylation sites (N-methyl/N-ethyl adjacent to an activating group) is 1. The fraction of sp³-hybridized carbons (Fsp3) is 0.368. The quantitative estimate of drug-likeness (QED) is 0.744. The lowest BCUT2D eigenvalue weighted by atomic mass is 10.1. The molecule has 1 aliphatic rings. The fourth-order valence-corrected chi connectivity index (χ4v) is 3.81. The summed E-state index contributed by atoms with van der Waals surface area (Å²) >= 11 is 1.57. The largest absolute Gasteiger partial charge is 0.346 e. The van der Waals surface area contributed by atoms with E-state index in [1.54, 1.807) is 11.3 Å². The lowest BCUT2D eigenvalue weighted by Crippen LogP contribution is -2.49. The van der Waals surface area contributed by atoms with Gasteiger partial charge in [0.2, 0.25) is 0 Å². The maximum Gasteiger partial charge on any atom is 0.313 e. The fourth-order valence-electron chi connectivity index (χ4n) is 3.10. The van der Waals surface area contributed by atoms with E-state index in [9.17, 15) is 18.4 Å². The number of hydrogen-bond acceptors (Lipinski definition) is 5. The van der Waals surface area contributed by atoms with Gasteiger partial charge in [-0.15, -0.1) is 0 Å². The van der Waals surface area contributed by atoms with Crippen LogP contribution in [0, 0.1) is 11.6 Å². The number of carbonyl (C=O) groups excluding carboxylic acids is 2. The number of piperazine rings is 1. The van der Waals surface area contributed by atoms with E-state index in [4.69, 9.17) is 0 Å². The number of rotatable bonds is 5. The van der Waals surface area contributed by atoms with E-state index in [0.717, 1.165) is 49.9 Å². The molecule has 0 spiro atoms. The molecule has 0 radical (unpaired) electrons. The number of amides is 2. The van der Waals surface area contributed by atoms with Gasteiger partial charge in [-0.25, -0.2) is 8.78 Å². The van der Waals surface area contributed by atoms with E-state index < -0.39 is 23.4 Å². The summed E-state index contributed by atoms with van der Waals surface area (Å²) in [5.41, 5.74) is 0.708. The van der Waals surface area contributed by atoms with E-state index in [0.29, 0.717) is 0 Å². The normalized spacial score (nSPS) is 16.5. The molecule has 28 heavy (non-hydrogen) atoms. The molecule has 1 atom stereocenters. The maximum absolute atomic E-state index is 13.6. The van der Waals surface area contributed by atoms with Crippen molar-refractivity contribution in [3.63, 3.8) is 0 Å². The van der Waals surface area contributed by atoms with Crippen LogP contribution in [0.25, 0.3) is 0 Å². The van der Waals surface area contributed by atoms with E-state index in [1.807, 2.05) is 16.8 Å². The molecule has 0 bridgehead atoms. The van der Waals surface area contributed by atoms with Crippen LogP contribution in [-0.2, 0) is 9.59 Å². The zero-order valence-corrected chi connectivity index (χ0v) is 16.3. The first kappa shape index (κ1) is 20.4. The lowest BCUT2D eigenvalue weighted by Gasteiger charge is -2.37. The number of nitrogens with one attached hydrogen (secondary N) is 2. The van der Waals surface area contributed by atoms with Gasteiger partial charge in [0.1, 0.15) is 11.6 Å². The third-order valence-corrected chi connectivity index (χ3v) is 5.45. The third-order valence-electron chi connectivity index (χ3n) is 4.75. The Morgan fingerprint density at radius 3 is 2.57 bits per heavy atom. The number of hydrogen-bond donors (Lipinski definition) is 2. The van der Waals surface area contributed by atoms with Crippen LogP contribution >= 0.6 is 11.3 Å². The Hall–Kier alpha value is -2.36. The van der Waals surface area contributed by atoms with Gasteiger partial charge < -0.3 is 15.5 Å². The van der Waals surface area contributed by atoms with Crippen LogP contribution in [0.4, 0.5) is 14.5 Å². The SMILES string of the molecule is CN1CCN([C@@H](CNC(=O)C(=O)Nc2cc(F)ccc2F)c2ccsc2)CC1. The highest BCUT2D eigenvalue weighted by Crippen LogP contribution is 2.23. The maximum atomic E-state index is 13.6. The predicted molar refractivity (Wildman–Crippen MR) is 104 cm³/mol. The van der Waals surface area contributed by atoms with Crippen LogP contribution in [0.3, 0.4) is 0 Å². The van der Waals surface area contributed by atoms with E-state index in [2.05, 4.69) is 27.5 Å². The number of nitrogens with zero attached hydrogens (tertiary/aromatic N) is 2. The second kappa shape index (κ2) is 9.22. The molecule has 0 aliphatic carbocycles. The standard InChI is InChI=1S/C19H22F2N4O2S/c1-24-5-7-25(8-6-24)17(13-4-9-28-12-13)11-22-18(26)19(27)23-16-10-14(20)2-3-15(16)21/h2-4,9-10,12,17H,5-8,11H2,1H3,(H,22,26)(H,23,27)/t17-/m0/s1. The Morgan fingerprint density at radius 2 is 1.89 bits per heavy atom. The van der Waals surface area contributed by atoms with Gasteiger partial charge in [-0.1, -0.05) is 0 Å². The van der Waals surface area contributed by atoms with Gasteiger partial charge in [0.15, 0.2) is 0 Å². The molecule has 0 saturated carbocycles. The molecule has 0 unspecified atom stereocenters. The lowest BCUT2D eigenvalue weighted by molar-refractivity contribution is -0.136. The molecule has 1 saturated heterocycles. The Balaban J connectivity index is 1.61. The highest BCUT2D eigenvalue weighted by Gasteiger charge is 2.26. The van der Waals surface area contributed by atoms with Crippen LogP contribution in [0.1, 0.15) is 11.6 Å². The summed E-state index contributed by atoms with van der Waals surface area (Å²) in [5.74, 6) is -3.44. The minimum Gasteiger partial charge on any atom is -0.346 e. The van der Waals surface area contributed by atoms with Crippen molar-refractivity contribution < 1.29 is 18.4 Å². The van der Waals surface area contributed by atoms with Gasteiger partial charge in [-0.05, 0) is 41.6 Å². The van der Waals surface area contributed by atoms with Crippen LogP contribution in [-0.4, -0.2) is 61.4 Å². The third kappa shape index (κ3) is 5.12. The zero-order chi connectivity index (χ0) is 20.1. The molecular weight excluding hydrogens is 386 g/mol. The summed E-state index contributed by atoms with van der Waals surface area (Å²) in [5, 5.41) is 8.72.